The average molecular weight is 231 g/mol. The fourth-order valence-electron chi connectivity index (χ4n) is 1.38. The van der Waals surface area contributed by atoms with Gasteiger partial charge in [0.1, 0.15) is 5.75 Å². The van der Waals surface area contributed by atoms with Gasteiger partial charge in [-0.1, -0.05) is 5.21 Å². The summed E-state index contributed by atoms with van der Waals surface area (Å²) in [5.41, 5.74) is 1.52. The van der Waals surface area contributed by atoms with E-state index < -0.39 is 0 Å². The minimum atomic E-state index is 0.0449. The van der Waals surface area contributed by atoms with Gasteiger partial charge in [0.05, 0.1) is 11.9 Å². The molecule has 0 radical (unpaired) electrons. The van der Waals surface area contributed by atoms with E-state index in [4.69, 9.17) is 4.74 Å². The average Bonchev–Trinajstić information content (AvgIpc) is 2.73. The van der Waals surface area contributed by atoms with Gasteiger partial charge in [0.2, 0.25) is 0 Å². The van der Waals surface area contributed by atoms with Gasteiger partial charge < -0.3 is 4.74 Å². The van der Waals surface area contributed by atoms with Crippen LogP contribution in [0.5, 0.6) is 5.75 Å². The van der Waals surface area contributed by atoms with Gasteiger partial charge in [-0.05, 0) is 38.1 Å². The van der Waals surface area contributed by atoms with Crippen LogP contribution in [0.15, 0.2) is 30.5 Å². The third-order valence-electron chi connectivity index (χ3n) is 2.28. The van der Waals surface area contributed by atoms with Crippen LogP contribution in [0.4, 0.5) is 0 Å². The quantitative estimate of drug-likeness (QED) is 0.753. The second-order valence-electron chi connectivity index (χ2n) is 3.75. The fraction of sp³-hybridized carbons (Fsp3) is 0.250. The number of ketones is 1. The molecule has 0 aliphatic rings. The Hall–Kier alpha value is -2.17. The summed E-state index contributed by atoms with van der Waals surface area (Å²) in [6.07, 6.45) is 1.80. The van der Waals surface area contributed by atoms with Crippen LogP contribution < -0.4 is 4.74 Å². The van der Waals surface area contributed by atoms with Crippen LogP contribution in [0.25, 0.3) is 0 Å². The molecule has 0 unspecified atom stereocenters. The summed E-state index contributed by atoms with van der Waals surface area (Å²) in [4.78, 5) is 11.1. The maximum absolute atomic E-state index is 11.1. The molecule has 1 heterocycles. The van der Waals surface area contributed by atoms with Gasteiger partial charge in [-0.25, -0.2) is 4.68 Å². The first-order valence-corrected chi connectivity index (χ1v) is 5.25. The standard InChI is InChI=1S/C12H13N3O2/c1-9-7-15(14-13-9)8-17-12-5-3-11(4-6-12)10(2)16/h3-7H,8H2,1-2H3. The van der Waals surface area contributed by atoms with Crippen LogP contribution in [-0.2, 0) is 6.73 Å². The van der Waals surface area contributed by atoms with E-state index in [2.05, 4.69) is 10.3 Å². The summed E-state index contributed by atoms with van der Waals surface area (Å²) in [5.74, 6) is 0.742. The molecule has 0 fully saturated rings. The summed E-state index contributed by atoms with van der Waals surface area (Å²) in [5, 5.41) is 7.72. The topological polar surface area (TPSA) is 57.0 Å². The highest BCUT2D eigenvalue weighted by atomic mass is 16.5. The number of Topliss-reactive ketones (excluding diaryl/α,β-unsaturated/α-hetero) is 1. The first-order valence-electron chi connectivity index (χ1n) is 5.25. The predicted octanol–water partition coefficient (Wildman–Crippen LogP) is 1.83. The van der Waals surface area contributed by atoms with E-state index >= 15 is 0 Å². The molecule has 0 aliphatic heterocycles. The van der Waals surface area contributed by atoms with Crippen LogP contribution in [0.3, 0.4) is 0 Å². The van der Waals surface area contributed by atoms with E-state index in [0.29, 0.717) is 18.0 Å². The molecule has 0 atom stereocenters. The van der Waals surface area contributed by atoms with Crippen molar-refractivity contribution in [1.29, 1.82) is 0 Å². The van der Waals surface area contributed by atoms with Gasteiger partial charge in [0.15, 0.2) is 12.5 Å². The molecule has 2 rings (SSSR count). The first kappa shape index (κ1) is 11.3. The lowest BCUT2D eigenvalue weighted by molar-refractivity contribution is 0.101. The number of benzene rings is 1. The molecule has 1 aromatic heterocycles. The lowest BCUT2D eigenvalue weighted by atomic mass is 10.1. The number of carbonyl (C=O) groups is 1. The minimum Gasteiger partial charge on any atom is -0.471 e. The molecule has 1 aromatic carbocycles. The van der Waals surface area contributed by atoms with Crippen molar-refractivity contribution in [1.82, 2.24) is 15.0 Å². The number of hydrogen-bond acceptors (Lipinski definition) is 4. The van der Waals surface area contributed by atoms with Crippen molar-refractivity contribution in [2.45, 2.75) is 20.6 Å². The normalized spacial score (nSPS) is 10.2. The van der Waals surface area contributed by atoms with Gasteiger partial charge in [-0.2, -0.15) is 0 Å². The molecule has 0 saturated heterocycles. The monoisotopic (exact) mass is 231 g/mol. The Morgan fingerprint density at radius 1 is 1.35 bits per heavy atom. The highest BCUT2D eigenvalue weighted by Crippen LogP contribution is 2.12. The van der Waals surface area contributed by atoms with Gasteiger partial charge >= 0.3 is 0 Å². The van der Waals surface area contributed by atoms with E-state index in [-0.39, 0.29) is 5.78 Å². The molecule has 0 N–H and O–H groups in total. The molecule has 5 heteroatoms. The zero-order valence-corrected chi connectivity index (χ0v) is 9.75. The van der Waals surface area contributed by atoms with Crippen molar-refractivity contribution < 1.29 is 9.53 Å². The highest BCUT2D eigenvalue weighted by molar-refractivity contribution is 5.94. The van der Waals surface area contributed by atoms with E-state index in [1.165, 1.54) is 6.92 Å². The van der Waals surface area contributed by atoms with Gasteiger partial charge in [-0.15, -0.1) is 5.10 Å². The fourth-order valence-corrected chi connectivity index (χ4v) is 1.38. The molecule has 2 aromatic rings. The Labute approximate surface area is 99.0 Å². The van der Waals surface area contributed by atoms with Crippen LogP contribution in [0, 0.1) is 6.92 Å². The number of aryl methyl sites for hydroxylation is 1. The van der Waals surface area contributed by atoms with Gasteiger partial charge in [-0.3, -0.25) is 4.79 Å². The van der Waals surface area contributed by atoms with E-state index in [9.17, 15) is 4.79 Å². The highest BCUT2D eigenvalue weighted by Gasteiger charge is 2.00. The molecule has 0 amide bonds. The largest absolute Gasteiger partial charge is 0.471 e. The van der Waals surface area contributed by atoms with Crippen LogP contribution >= 0.6 is 0 Å². The van der Waals surface area contributed by atoms with Crippen molar-refractivity contribution in [2.75, 3.05) is 0 Å². The SMILES string of the molecule is CC(=O)c1ccc(OCn2cc(C)nn2)cc1. The van der Waals surface area contributed by atoms with E-state index in [0.717, 1.165) is 5.69 Å². The van der Waals surface area contributed by atoms with Crippen molar-refractivity contribution in [3.63, 3.8) is 0 Å². The summed E-state index contributed by atoms with van der Waals surface area (Å²) in [6, 6.07) is 7.01. The Morgan fingerprint density at radius 3 is 2.59 bits per heavy atom. The molecule has 88 valence electrons. The number of hydrogen-bond donors (Lipinski definition) is 0. The number of rotatable bonds is 4. The zero-order valence-electron chi connectivity index (χ0n) is 9.75. The lowest BCUT2D eigenvalue weighted by Crippen LogP contribution is -2.05. The maximum atomic E-state index is 11.1. The molecule has 0 spiro atoms. The van der Waals surface area contributed by atoms with E-state index in [1.54, 1.807) is 35.1 Å². The van der Waals surface area contributed by atoms with Crippen LogP contribution in [0.2, 0.25) is 0 Å². The number of carbonyl (C=O) groups excluding carboxylic acids is 1. The van der Waals surface area contributed by atoms with Crippen LogP contribution in [0.1, 0.15) is 23.0 Å². The molecule has 0 aliphatic carbocycles. The molecule has 17 heavy (non-hydrogen) atoms. The van der Waals surface area contributed by atoms with Gasteiger partial charge in [0, 0.05) is 5.56 Å². The Morgan fingerprint density at radius 2 is 2.06 bits per heavy atom. The molecular formula is C12H13N3O2. The van der Waals surface area contributed by atoms with Crippen molar-refractivity contribution >= 4 is 5.78 Å². The second kappa shape index (κ2) is 4.78. The summed E-state index contributed by atoms with van der Waals surface area (Å²) in [7, 11) is 0. The second-order valence-corrected chi connectivity index (χ2v) is 3.75. The Kier molecular flexibility index (Phi) is 3.18. The summed E-state index contributed by atoms with van der Waals surface area (Å²) >= 11 is 0. The predicted molar refractivity (Wildman–Crippen MR) is 61.8 cm³/mol. The number of aromatic nitrogens is 3. The summed E-state index contributed by atoms with van der Waals surface area (Å²) in [6.45, 7) is 3.71. The molecule has 5 nitrogen and oxygen atoms in total. The Bertz CT molecular complexity index is 517. The minimum absolute atomic E-state index is 0.0449. The smallest absolute Gasteiger partial charge is 0.182 e. The first-order chi connectivity index (χ1) is 8.15. The van der Waals surface area contributed by atoms with Gasteiger partial charge in [0.25, 0.3) is 0 Å². The van der Waals surface area contributed by atoms with Crippen LogP contribution in [-0.4, -0.2) is 20.8 Å². The third kappa shape index (κ3) is 2.90. The zero-order chi connectivity index (χ0) is 12.3. The summed E-state index contributed by atoms with van der Waals surface area (Å²) < 4.78 is 7.09. The molecule has 0 saturated carbocycles. The number of ether oxygens (including phenoxy) is 1. The molecule has 0 bridgehead atoms. The van der Waals surface area contributed by atoms with Crippen molar-refractivity contribution in [2.24, 2.45) is 0 Å². The lowest BCUT2D eigenvalue weighted by Gasteiger charge is -2.05. The maximum Gasteiger partial charge on any atom is 0.182 e. The van der Waals surface area contributed by atoms with Crippen molar-refractivity contribution in [3.05, 3.63) is 41.7 Å². The van der Waals surface area contributed by atoms with E-state index in [1.807, 2.05) is 6.92 Å². The third-order valence-corrected chi connectivity index (χ3v) is 2.28. The molecular weight excluding hydrogens is 218 g/mol. The number of nitrogens with zero attached hydrogens (tertiary/aromatic N) is 3. The van der Waals surface area contributed by atoms with Crippen molar-refractivity contribution in [3.8, 4) is 5.75 Å². The Balaban J connectivity index is 1.97.